The van der Waals surface area contributed by atoms with Crippen LogP contribution >= 0.6 is 0 Å². The minimum atomic E-state index is -4.04. The van der Waals surface area contributed by atoms with E-state index in [1.165, 1.54) is 61.5 Å². The van der Waals surface area contributed by atoms with Crippen molar-refractivity contribution >= 4 is 39.1 Å². The van der Waals surface area contributed by atoms with Crippen LogP contribution < -0.4 is 10.0 Å². The van der Waals surface area contributed by atoms with Gasteiger partial charge in [0.05, 0.1) is 16.1 Å². The second kappa shape index (κ2) is 8.80. The van der Waals surface area contributed by atoms with Crippen molar-refractivity contribution in [2.75, 3.05) is 10.0 Å². The Morgan fingerprint density at radius 1 is 0.839 bits per heavy atom. The van der Waals surface area contributed by atoms with E-state index in [9.17, 15) is 27.9 Å². The summed E-state index contributed by atoms with van der Waals surface area (Å²) in [4.78, 5) is 35.2. The van der Waals surface area contributed by atoms with E-state index in [2.05, 4.69) is 10.0 Å². The third-order valence-corrected chi connectivity index (χ3v) is 5.71. The molecule has 3 N–H and O–H groups in total. The van der Waals surface area contributed by atoms with Crippen LogP contribution in [0.3, 0.4) is 0 Å². The minimum absolute atomic E-state index is 0.0283. The van der Waals surface area contributed by atoms with Crippen LogP contribution in [0, 0.1) is 0 Å². The number of carboxylic acids is 1. The zero-order valence-electron chi connectivity index (χ0n) is 16.3. The van der Waals surface area contributed by atoms with E-state index in [-0.39, 0.29) is 33.2 Å². The van der Waals surface area contributed by atoms with Gasteiger partial charge in [-0.05, 0) is 49.4 Å². The Kier molecular flexibility index (Phi) is 6.17. The highest BCUT2D eigenvalue weighted by molar-refractivity contribution is 7.92. The molecule has 0 aromatic heterocycles. The van der Waals surface area contributed by atoms with Crippen LogP contribution in [-0.4, -0.2) is 31.2 Å². The Labute approximate surface area is 178 Å². The maximum atomic E-state index is 12.8. The van der Waals surface area contributed by atoms with Gasteiger partial charge in [0, 0.05) is 16.8 Å². The number of nitrogens with one attached hydrogen (secondary N) is 2. The number of aromatic carboxylic acids is 1. The molecule has 0 saturated heterocycles. The summed E-state index contributed by atoms with van der Waals surface area (Å²) < 4.78 is 27.9. The van der Waals surface area contributed by atoms with Crippen LogP contribution in [0.5, 0.6) is 0 Å². The maximum Gasteiger partial charge on any atom is 0.337 e. The molecule has 3 aromatic carbocycles. The van der Waals surface area contributed by atoms with Gasteiger partial charge in [0.25, 0.3) is 15.9 Å². The molecule has 158 valence electrons. The molecule has 0 fully saturated rings. The molecule has 0 bridgehead atoms. The van der Waals surface area contributed by atoms with E-state index in [0.29, 0.717) is 5.56 Å². The quantitative estimate of drug-likeness (QED) is 0.483. The maximum absolute atomic E-state index is 12.8. The van der Waals surface area contributed by atoms with Crippen molar-refractivity contribution in [1.82, 2.24) is 0 Å². The standard InChI is InChI=1S/C22H18N2O6S/c1-14(25)15-6-4-8-17(12-15)24-31(29,30)18-9-5-7-16(13-18)21(26)23-20-11-3-2-10-19(20)22(27)28/h2-13,24H,1H3,(H,23,26)(H,27,28). The highest BCUT2D eigenvalue weighted by Crippen LogP contribution is 2.20. The number of sulfonamides is 1. The number of para-hydroxylation sites is 1. The van der Waals surface area contributed by atoms with Crippen LogP contribution in [-0.2, 0) is 10.0 Å². The van der Waals surface area contributed by atoms with Crippen LogP contribution in [0.4, 0.5) is 11.4 Å². The highest BCUT2D eigenvalue weighted by atomic mass is 32.2. The number of amides is 1. The average Bonchev–Trinajstić information content (AvgIpc) is 2.74. The molecule has 0 spiro atoms. The van der Waals surface area contributed by atoms with Gasteiger partial charge in [0.2, 0.25) is 0 Å². The predicted octanol–water partition coefficient (Wildman–Crippen LogP) is 3.64. The van der Waals surface area contributed by atoms with Gasteiger partial charge < -0.3 is 10.4 Å². The van der Waals surface area contributed by atoms with Gasteiger partial charge in [0.15, 0.2) is 5.78 Å². The molecule has 0 unspecified atom stereocenters. The topological polar surface area (TPSA) is 130 Å². The molecule has 0 aliphatic carbocycles. The lowest BCUT2D eigenvalue weighted by Crippen LogP contribution is -2.17. The first-order valence-corrected chi connectivity index (χ1v) is 10.5. The highest BCUT2D eigenvalue weighted by Gasteiger charge is 2.18. The largest absolute Gasteiger partial charge is 0.478 e. The van der Waals surface area contributed by atoms with E-state index in [1.54, 1.807) is 18.2 Å². The molecule has 8 nitrogen and oxygen atoms in total. The molecular formula is C22H18N2O6S. The number of ketones is 1. The third-order valence-electron chi connectivity index (χ3n) is 4.33. The van der Waals surface area contributed by atoms with Crippen molar-refractivity contribution in [2.24, 2.45) is 0 Å². The van der Waals surface area contributed by atoms with Crippen molar-refractivity contribution in [3.8, 4) is 0 Å². The number of rotatable bonds is 7. The number of hydrogen-bond donors (Lipinski definition) is 3. The molecule has 0 aliphatic rings. The van der Waals surface area contributed by atoms with E-state index in [0.717, 1.165) is 0 Å². The van der Waals surface area contributed by atoms with Gasteiger partial charge >= 0.3 is 5.97 Å². The lowest BCUT2D eigenvalue weighted by molar-refractivity contribution is 0.0697. The summed E-state index contributed by atoms with van der Waals surface area (Å²) >= 11 is 0. The zero-order valence-corrected chi connectivity index (χ0v) is 17.1. The lowest BCUT2D eigenvalue weighted by atomic mass is 10.1. The summed E-state index contributed by atoms with van der Waals surface area (Å²) in [6, 6.07) is 17.2. The second-order valence-corrected chi connectivity index (χ2v) is 8.26. The van der Waals surface area contributed by atoms with Crippen LogP contribution in [0.1, 0.15) is 38.0 Å². The molecule has 1 amide bonds. The average molecular weight is 438 g/mol. The lowest BCUT2D eigenvalue weighted by Gasteiger charge is -2.11. The Bertz CT molecular complexity index is 1280. The fraction of sp³-hybridized carbons (Fsp3) is 0.0455. The molecule has 0 radical (unpaired) electrons. The number of hydrogen-bond acceptors (Lipinski definition) is 5. The van der Waals surface area contributed by atoms with Gasteiger partial charge in [-0.3, -0.25) is 14.3 Å². The first kappa shape index (κ1) is 21.7. The molecule has 0 atom stereocenters. The predicted molar refractivity (Wildman–Crippen MR) is 115 cm³/mol. The van der Waals surface area contributed by atoms with Gasteiger partial charge in [-0.1, -0.05) is 30.3 Å². The SMILES string of the molecule is CC(=O)c1cccc(NS(=O)(=O)c2cccc(C(=O)Nc3ccccc3C(=O)O)c2)c1. The summed E-state index contributed by atoms with van der Waals surface area (Å²) in [7, 11) is -4.04. The van der Waals surface area contributed by atoms with Crippen LogP contribution in [0.2, 0.25) is 0 Å². The van der Waals surface area contributed by atoms with Crippen molar-refractivity contribution in [3.63, 3.8) is 0 Å². The number of anilines is 2. The number of carboxylic acid groups (broad SMARTS) is 1. The van der Waals surface area contributed by atoms with Crippen molar-refractivity contribution in [3.05, 3.63) is 89.5 Å². The number of Topliss-reactive ketones (excluding diaryl/α,β-unsaturated/α-hetero) is 1. The van der Waals surface area contributed by atoms with Crippen molar-refractivity contribution in [2.45, 2.75) is 11.8 Å². The van der Waals surface area contributed by atoms with Crippen LogP contribution in [0.25, 0.3) is 0 Å². The summed E-state index contributed by atoms with van der Waals surface area (Å²) in [5, 5.41) is 11.7. The number of benzene rings is 3. The summed E-state index contributed by atoms with van der Waals surface area (Å²) in [6.45, 7) is 1.37. The summed E-state index contributed by atoms with van der Waals surface area (Å²) in [5.41, 5.74) is 0.586. The number of carbonyl (C=O) groups is 3. The first-order chi connectivity index (χ1) is 14.7. The van der Waals surface area contributed by atoms with Gasteiger partial charge in [0.1, 0.15) is 0 Å². The number of carbonyl (C=O) groups excluding carboxylic acids is 2. The Balaban J connectivity index is 1.85. The Hall–Kier alpha value is -3.98. The minimum Gasteiger partial charge on any atom is -0.478 e. The molecule has 9 heteroatoms. The molecule has 3 aromatic rings. The third kappa shape index (κ3) is 5.14. The summed E-state index contributed by atoms with van der Waals surface area (Å²) in [6.07, 6.45) is 0. The zero-order chi connectivity index (χ0) is 22.6. The monoisotopic (exact) mass is 438 g/mol. The van der Waals surface area contributed by atoms with Crippen molar-refractivity contribution < 1.29 is 27.9 Å². The fourth-order valence-corrected chi connectivity index (χ4v) is 3.89. The van der Waals surface area contributed by atoms with Gasteiger partial charge in [-0.2, -0.15) is 0 Å². The van der Waals surface area contributed by atoms with Gasteiger partial charge in [-0.15, -0.1) is 0 Å². The molecule has 0 heterocycles. The van der Waals surface area contributed by atoms with Crippen LogP contribution in [0.15, 0.2) is 77.7 Å². The molecular weight excluding hydrogens is 420 g/mol. The van der Waals surface area contributed by atoms with Gasteiger partial charge in [-0.25, -0.2) is 13.2 Å². The Morgan fingerprint density at radius 2 is 1.52 bits per heavy atom. The van der Waals surface area contributed by atoms with E-state index < -0.39 is 21.9 Å². The molecule has 0 aliphatic heterocycles. The summed E-state index contributed by atoms with van der Waals surface area (Å²) in [5.74, 6) is -2.07. The molecule has 31 heavy (non-hydrogen) atoms. The molecule has 0 saturated carbocycles. The fourth-order valence-electron chi connectivity index (χ4n) is 2.79. The van der Waals surface area contributed by atoms with E-state index in [4.69, 9.17) is 0 Å². The second-order valence-electron chi connectivity index (χ2n) is 6.58. The first-order valence-electron chi connectivity index (χ1n) is 9.05. The van der Waals surface area contributed by atoms with Crippen molar-refractivity contribution in [1.29, 1.82) is 0 Å². The molecule has 3 rings (SSSR count). The smallest absolute Gasteiger partial charge is 0.337 e. The van der Waals surface area contributed by atoms with E-state index >= 15 is 0 Å². The van der Waals surface area contributed by atoms with E-state index in [1.807, 2.05) is 0 Å². The Morgan fingerprint density at radius 3 is 2.23 bits per heavy atom. The normalized spacial score (nSPS) is 10.9.